The van der Waals surface area contributed by atoms with Crippen molar-refractivity contribution in [1.82, 2.24) is 0 Å². The minimum atomic E-state index is -0.223. The van der Waals surface area contributed by atoms with Crippen LogP contribution in [0.4, 0.5) is 4.39 Å². The average molecular weight is 255 g/mol. The van der Waals surface area contributed by atoms with Crippen molar-refractivity contribution in [3.63, 3.8) is 0 Å². The van der Waals surface area contributed by atoms with Gasteiger partial charge in [-0.25, -0.2) is 4.39 Å². The molecule has 16 heavy (non-hydrogen) atoms. The Morgan fingerprint density at radius 2 is 1.94 bits per heavy atom. The van der Waals surface area contributed by atoms with Crippen LogP contribution in [0, 0.1) is 5.82 Å². The highest BCUT2D eigenvalue weighted by molar-refractivity contribution is 7.12. The van der Waals surface area contributed by atoms with E-state index in [1.165, 1.54) is 10.9 Å². The van der Waals surface area contributed by atoms with Crippen LogP contribution < -0.4 is 0 Å². The minimum absolute atomic E-state index is 0.223. The summed E-state index contributed by atoms with van der Waals surface area (Å²) >= 11 is 7.70. The van der Waals surface area contributed by atoms with Crippen molar-refractivity contribution >= 4 is 22.9 Å². The first-order valence-electron chi connectivity index (χ1n) is 5.21. The number of hydrogen-bond donors (Lipinski definition) is 0. The van der Waals surface area contributed by atoms with Gasteiger partial charge in [-0.05, 0) is 30.7 Å². The van der Waals surface area contributed by atoms with Crippen LogP contribution in [-0.2, 0) is 12.8 Å². The van der Waals surface area contributed by atoms with E-state index in [1.54, 1.807) is 23.5 Å². The zero-order chi connectivity index (χ0) is 11.5. The van der Waals surface area contributed by atoms with Gasteiger partial charge < -0.3 is 0 Å². The molecule has 0 amide bonds. The number of benzene rings is 1. The molecule has 0 aliphatic rings. The van der Waals surface area contributed by atoms with Crippen molar-refractivity contribution in [2.45, 2.75) is 19.8 Å². The van der Waals surface area contributed by atoms with Crippen LogP contribution in [0.2, 0.25) is 5.02 Å². The first kappa shape index (κ1) is 11.6. The van der Waals surface area contributed by atoms with Crippen LogP contribution in [0.25, 0.3) is 0 Å². The first-order valence-corrected chi connectivity index (χ1v) is 6.40. The summed E-state index contributed by atoms with van der Waals surface area (Å²) in [5, 5.41) is 0.506. The summed E-state index contributed by atoms with van der Waals surface area (Å²) in [5.41, 5.74) is 0.591. The first-order chi connectivity index (χ1) is 7.70. The molecule has 1 heterocycles. The van der Waals surface area contributed by atoms with Gasteiger partial charge >= 0.3 is 0 Å². The molecule has 0 saturated carbocycles. The Hall–Kier alpha value is -0.860. The van der Waals surface area contributed by atoms with Crippen molar-refractivity contribution in [3.05, 3.63) is 56.5 Å². The van der Waals surface area contributed by atoms with Gasteiger partial charge in [0.15, 0.2) is 0 Å². The number of thiophene rings is 1. The average Bonchev–Trinajstić information content (AvgIpc) is 2.71. The SMILES string of the molecule is CCc1ccc(Cc2c(F)cccc2Cl)s1. The number of aryl methyl sites for hydroxylation is 1. The van der Waals surface area contributed by atoms with Crippen molar-refractivity contribution in [1.29, 1.82) is 0 Å². The quantitative estimate of drug-likeness (QED) is 0.745. The normalized spacial score (nSPS) is 10.7. The molecule has 0 atom stereocenters. The molecule has 0 radical (unpaired) electrons. The van der Waals surface area contributed by atoms with E-state index in [4.69, 9.17) is 11.6 Å². The van der Waals surface area contributed by atoms with E-state index in [0.29, 0.717) is 17.0 Å². The molecule has 0 aliphatic carbocycles. The third-order valence-electron chi connectivity index (χ3n) is 2.48. The summed E-state index contributed by atoms with van der Waals surface area (Å²) in [5.74, 6) is -0.223. The maximum atomic E-state index is 13.5. The Labute approximate surface area is 104 Å². The molecule has 0 aliphatic heterocycles. The Morgan fingerprint density at radius 3 is 2.56 bits per heavy atom. The Balaban J connectivity index is 2.26. The molecule has 0 spiro atoms. The topological polar surface area (TPSA) is 0 Å². The van der Waals surface area contributed by atoms with E-state index >= 15 is 0 Å². The van der Waals surface area contributed by atoms with Gasteiger partial charge in [-0.15, -0.1) is 11.3 Å². The number of rotatable bonds is 3. The van der Waals surface area contributed by atoms with E-state index in [-0.39, 0.29) is 5.82 Å². The van der Waals surface area contributed by atoms with Crippen molar-refractivity contribution in [3.8, 4) is 0 Å². The van der Waals surface area contributed by atoms with Crippen LogP contribution in [-0.4, -0.2) is 0 Å². The molecule has 1 aromatic heterocycles. The lowest BCUT2D eigenvalue weighted by molar-refractivity contribution is 0.614. The van der Waals surface area contributed by atoms with Crippen LogP contribution >= 0.6 is 22.9 Å². The van der Waals surface area contributed by atoms with Gasteiger partial charge in [0, 0.05) is 26.8 Å². The Bertz CT molecular complexity index is 470. The predicted octanol–water partition coefficient (Wildman–Crippen LogP) is 4.69. The minimum Gasteiger partial charge on any atom is -0.207 e. The fraction of sp³-hybridized carbons (Fsp3) is 0.231. The van der Waals surface area contributed by atoms with Crippen LogP contribution in [0.15, 0.2) is 30.3 Å². The second-order valence-corrected chi connectivity index (χ2v) is 5.26. The van der Waals surface area contributed by atoms with E-state index < -0.39 is 0 Å². The predicted molar refractivity (Wildman–Crippen MR) is 67.9 cm³/mol. The third kappa shape index (κ3) is 2.45. The van der Waals surface area contributed by atoms with E-state index in [1.807, 2.05) is 6.07 Å². The molecule has 0 fully saturated rings. The van der Waals surface area contributed by atoms with Gasteiger partial charge in [-0.2, -0.15) is 0 Å². The lowest BCUT2D eigenvalue weighted by Gasteiger charge is -2.03. The summed E-state index contributed by atoms with van der Waals surface area (Å²) in [6, 6.07) is 8.96. The summed E-state index contributed by atoms with van der Waals surface area (Å²) in [7, 11) is 0. The van der Waals surface area contributed by atoms with Gasteiger partial charge in [0.1, 0.15) is 5.82 Å². The summed E-state index contributed by atoms with van der Waals surface area (Å²) in [6.45, 7) is 2.12. The van der Waals surface area contributed by atoms with Crippen LogP contribution in [0.5, 0.6) is 0 Å². The van der Waals surface area contributed by atoms with Gasteiger partial charge in [-0.3, -0.25) is 0 Å². The molecule has 0 bridgehead atoms. The molecule has 1 aromatic carbocycles. The van der Waals surface area contributed by atoms with Gasteiger partial charge in [0.2, 0.25) is 0 Å². The fourth-order valence-electron chi connectivity index (χ4n) is 1.58. The largest absolute Gasteiger partial charge is 0.207 e. The molecule has 2 rings (SSSR count). The standard InChI is InChI=1S/C13H12ClFS/c1-2-9-6-7-10(16-9)8-11-12(14)4-3-5-13(11)15/h3-7H,2,8H2,1H3. The van der Waals surface area contributed by atoms with Gasteiger partial charge in [0.25, 0.3) is 0 Å². The zero-order valence-electron chi connectivity index (χ0n) is 8.97. The lowest BCUT2D eigenvalue weighted by atomic mass is 10.1. The lowest BCUT2D eigenvalue weighted by Crippen LogP contribution is -1.91. The molecule has 0 N–H and O–H groups in total. The molecule has 0 unspecified atom stereocenters. The monoisotopic (exact) mass is 254 g/mol. The molecule has 0 nitrogen and oxygen atoms in total. The van der Waals surface area contributed by atoms with E-state index in [9.17, 15) is 4.39 Å². The number of halogens is 2. The molecule has 2 aromatic rings. The summed E-state index contributed by atoms with van der Waals surface area (Å²) < 4.78 is 13.5. The third-order valence-corrected chi connectivity index (χ3v) is 4.06. The molecule has 84 valence electrons. The second kappa shape index (κ2) is 4.98. The second-order valence-electron chi connectivity index (χ2n) is 3.60. The Morgan fingerprint density at radius 1 is 1.19 bits per heavy atom. The smallest absolute Gasteiger partial charge is 0.128 e. The van der Waals surface area contributed by atoms with Gasteiger partial charge in [0.05, 0.1) is 0 Å². The highest BCUT2D eigenvalue weighted by Crippen LogP contribution is 2.26. The summed E-state index contributed by atoms with van der Waals surface area (Å²) in [4.78, 5) is 2.48. The Kier molecular flexibility index (Phi) is 3.62. The molecule has 3 heteroatoms. The highest BCUT2D eigenvalue weighted by atomic mass is 35.5. The van der Waals surface area contributed by atoms with Crippen LogP contribution in [0.1, 0.15) is 22.2 Å². The van der Waals surface area contributed by atoms with E-state index in [0.717, 1.165) is 11.3 Å². The van der Waals surface area contributed by atoms with Crippen molar-refractivity contribution < 1.29 is 4.39 Å². The zero-order valence-corrected chi connectivity index (χ0v) is 10.5. The maximum Gasteiger partial charge on any atom is 0.128 e. The fourth-order valence-corrected chi connectivity index (χ4v) is 2.78. The summed E-state index contributed by atoms with van der Waals surface area (Å²) in [6.07, 6.45) is 1.60. The van der Waals surface area contributed by atoms with Crippen LogP contribution in [0.3, 0.4) is 0 Å². The molecular weight excluding hydrogens is 243 g/mol. The van der Waals surface area contributed by atoms with Gasteiger partial charge in [-0.1, -0.05) is 24.6 Å². The van der Waals surface area contributed by atoms with Crippen molar-refractivity contribution in [2.75, 3.05) is 0 Å². The maximum absolute atomic E-state index is 13.5. The molecule has 0 saturated heterocycles. The highest BCUT2D eigenvalue weighted by Gasteiger charge is 2.08. The van der Waals surface area contributed by atoms with E-state index in [2.05, 4.69) is 13.0 Å². The molecular formula is C13H12ClFS. The number of hydrogen-bond acceptors (Lipinski definition) is 1. The van der Waals surface area contributed by atoms with Crippen molar-refractivity contribution in [2.24, 2.45) is 0 Å².